The van der Waals surface area contributed by atoms with E-state index in [0.717, 1.165) is 68.7 Å². The minimum absolute atomic E-state index is 0.104. The van der Waals surface area contributed by atoms with E-state index in [9.17, 15) is 4.79 Å². The molecule has 2 atom stereocenters. The van der Waals surface area contributed by atoms with Gasteiger partial charge in [0.1, 0.15) is 0 Å². The first-order chi connectivity index (χ1) is 16.6. The SMILES string of the molecule is O=C(N[C@@H](c1ccc(Cl)c(Cl)c1)[C@@H]1CCCN1)N1CCc2cnc(NC3CCOCC3)nc2C1. The Hall–Kier alpha value is -2.13. The van der Waals surface area contributed by atoms with E-state index < -0.39 is 0 Å². The van der Waals surface area contributed by atoms with Gasteiger partial charge in [0.05, 0.1) is 28.3 Å². The standard InChI is InChI=1S/C24H30Cl2N6O2/c25-18-4-3-15(12-19(18)26)22(20-2-1-8-27-20)31-24(33)32-9-5-16-13-28-23(30-21(16)14-32)29-17-6-10-34-11-7-17/h3-4,12-13,17,20,22,27H,1-2,5-11,14H2,(H,31,33)(H,28,29,30)/t20-,22-/m0/s1. The average molecular weight is 505 g/mol. The van der Waals surface area contributed by atoms with Crippen LogP contribution in [0.1, 0.15) is 48.5 Å². The van der Waals surface area contributed by atoms with Crippen molar-refractivity contribution in [1.29, 1.82) is 0 Å². The number of nitrogens with one attached hydrogen (secondary N) is 3. The van der Waals surface area contributed by atoms with E-state index in [1.54, 1.807) is 6.07 Å². The van der Waals surface area contributed by atoms with Crippen LogP contribution >= 0.6 is 23.2 Å². The summed E-state index contributed by atoms with van der Waals surface area (Å²) in [6.45, 7) is 3.54. The van der Waals surface area contributed by atoms with Crippen LogP contribution < -0.4 is 16.0 Å². The summed E-state index contributed by atoms with van der Waals surface area (Å²) in [7, 11) is 0. The number of halogens is 2. The van der Waals surface area contributed by atoms with Gasteiger partial charge in [0, 0.05) is 38.0 Å². The Morgan fingerprint density at radius 1 is 1.21 bits per heavy atom. The molecule has 3 N–H and O–H groups in total. The molecule has 2 fully saturated rings. The molecule has 3 aliphatic rings. The summed E-state index contributed by atoms with van der Waals surface area (Å²) in [6.07, 6.45) is 6.58. The zero-order chi connectivity index (χ0) is 23.5. The van der Waals surface area contributed by atoms with Crippen molar-refractivity contribution in [2.75, 3.05) is 31.6 Å². The Morgan fingerprint density at radius 3 is 2.82 bits per heavy atom. The first-order valence-electron chi connectivity index (χ1n) is 12.0. The summed E-state index contributed by atoms with van der Waals surface area (Å²) in [6, 6.07) is 5.74. The molecule has 8 nitrogen and oxygen atoms in total. The van der Waals surface area contributed by atoms with Gasteiger partial charge in [0.2, 0.25) is 5.95 Å². The van der Waals surface area contributed by atoms with Gasteiger partial charge < -0.3 is 25.6 Å². The van der Waals surface area contributed by atoms with Gasteiger partial charge in [-0.2, -0.15) is 0 Å². The van der Waals surface area contributed by atoms with Crippen molar-refractivity contribution in [1.82, 2.24) is 25.5 Å². The third kappa shape index (κ3) is 5.40. The molecule has 0 radical (unpaired) electrons. The number of fused-ring (bicyclic) bond motifs is 1. The van der Waals surface area contributed by atoms with Gasteiger partial charge in [-0.3, -0.25) is 0 Å². The molecule has 2 amide bonds. The highest BCUT2D eigenvalue weighted by Crippen LogP contribution is 2.30. The second-order valence-corrected chi connectivity index (χ2v) is 9.99. The van der Waals surface area contributed by atoms with Gasteiger partial charge in [-0.1, -0.05) is 29.3 Å². The van der Waals surface area contributed by atoms with Crippen molar-refractivity contribution in [2.45, 2.75) is 56.8 Å². The molecule has 1 aromatic carbocycles. The van der Waals surface area contributed by atoms with Gasteiger partial charge in [-0.25, -0.2) is 14.8 Å². The highest BCUT2D eigenvalue weighted by atomic mass is 35.5. The first kappa shape index (κ1) is 23.6. The quantitative estimate of drug-likeness (QED) is 0.571. The number of carbonyl (C=O) groups is 1. The third-order valence-corrected chi connectivity index (χ3v) is 7.61. The molecule has 2 saturated heterocycles. The van der Waals surface area contributed by atoms with E-state index in [2.05, 4.69) is 20.9 Å². The van der Waals surface area contributed by atoms with Crippen LogP contribution in [0.3, 0.4) is 0 Å². The number of rotatable bonds is 5. The molecule has 3 aliphatic heterocycles. The molecule has 0 unspecified atom stereocenters. The molecule has 2 aromatic rings. The van der Waals surface area contributed by atoms with Crippen LogP contribution in [0.15, 0.2) is 24.4 Å². The molecule has 182 valence electrons. The topological polar surface area (TPSA) is 91.4 Å². The van der Waals surface area contributed by atoms with Crippen LogP contribution in [0.4, 0.5) is 10.7 Å². The fraction of sp³-hybridized carbons (Fsp3) is 0.542. The summed E-state index contributed by atoms with van der Waals surface area (Å²) in [5, 5.41) is 11.2. The van der Waals surface area contributed by atoms with E-state index in [1.165, 1.54) is 0 Å². The minimum Gasteiger partial charge on any atom is -0.381 e. The lowest BCUT2D eigenvalue weighted by Gasteiger charge is -2.32. The van der Waals surface area contributed by atoms with E-state index in [4.69, 9.17) is 32.9 Å². The lowest BCUT2D eigenvalue weighted by Crippen LogP contribution is -2.48. The summed E-state index contributed by atoms with van der Waals surface area (Å²) >= 11 is 12.4. The second kappa shape index (κ2) is 10.6. The molecular weight excluding hydrogens is 475 g/mol. The van der Waals surface area contributed by atoms with Gasteiger partial charge in [-0.15, -0.1) is 0 Å². The molecule has 0 saturated carbocycles. The Morgan fingerprint density at radius 2 is 2.06 bits per heavy atom. The number of carbonyl (C=O) groups excluding carboxylic acids is 1. The maximum absolute atomic E-state index is 13.4. The van der Waals surface area contributed by atoms with E-state index >= 15 is 0 Å². The lowest BCUT2D eigenvalue weighted by atomic mass is 9.98. The number of aromatic nitrogens is 2. The molecule has 10 heteroatoms. The smallest absolute Gasteiger partial charge is 0.318 e. The number of benzene rings is 1. The van der Waals surface area contributed by atoms with E-state index in [-0.39, 0.29) is 18.1 Å². The monoisotopic (exact) mass is 504 g/mol. The molecule has 0 spiro atoms. The van der Waals surface area contributed by atoms with Crippen molar-refractivity contribution in [2.24, 2.45) is 0 Å². The lowest BCUT2D eigenvalue weighted by molar-refractivity contribution is 0.0903. The maximum atomic E-state index is 13.4. The largest absolute Gasteiger partial charge is 0.381 e. The maximum Gasteiger partial charge on any atom is 0.318 e. The molecular formula is C24H30Cl2N6O2. The number of hydrogen-bond acceptors (Lipinski definition) is 6. The normalized spacial score (nSPS) is 21.7. The van der Waals surface area contributed by atoms with Crippen LogP contribution in [0, 0.1) is 0 Å². The Bertz CT molecular complexity index is 1030. The molecule has 4 heterocycles. The first-order valence-corrected chi connectivity index (χ1v) is 12.8. The van der Waals surface area contributed by atoms with Gasteiger partial charge in [-0.05, 0) is 61.9 Å². The molecule has 0 bridgehead atoms. The highest BCUT2D eigenvalue weighted by molar-refractivity contribution is 6.42. The van der Waals surface area contributed by atoms with Crippen LogP contribution in [0.5, 0.6) is 0 Å². The summed E-state index contributed by atoms with van der Waals surface area (Å²) < 4.78 is 5.43. The number of anilines is 1. The zero-order valence-corrected chi connectivity index (χ0v) is 20.5. The van der Waals surface area contributed by atoms with Crippen molar-refractivity contribution in [3.05, 3.63) is 51.3 Å². The highest BCUT2D eigenvalue weighted by Gasteiger charge is 2.31. The number of urea groups is 1. The molecule has 1 aromatic heterocycles. The Balaban J connectivity index is 1.28. The summed E-state index contributed by atoms with van der Waals surface area (Å²) in [4.78, 5) is 24.4. The van der Waals surface area contributed by atoms with Crippen molar-refractivity contribution < 1.29 is 9.53 Å². The predicted octanol–water partition coefficient (Wildman–Crippen LogP) is 3.94. The van der Waals surface area contributed by atoms with E-state index in [1.807, 2.05) is 23.2 Å². The predicted molar refractivity (Wildman–Crippen MR) is 132 cm³/mol. The van der Waals surface area contributed by atoms with Crippen molar-refractivity contribution in [3.8, 4) is 0 Å². The van der Waals surface area contributed by atoms with Crippen LogP contribution in [0.25, 0.3) is 0 Å². The Labute approximate surface area is 209 Å². The molecule has 5 rings (SSSR count). The fourth-order valence-corrected chi connectivity index (χ4v) is 5.22. The summed E-state index contributed by atoms with van der Waals surface area (Å²) in [5.41, 5.74) is 2.95. The number of hydrogen-bond donors (Lipinski definition) is 3. The van der Waals surface area contributed by atoms with Crippen LogP contribution in [0.2, 0.25) is 10.0 Å². The van der Waals surface area contributed by atoms with Gasteiger partial charge in [0.25, 0.3) is 0 Å². The van der Waals surface area contributed by atoms with Gasteiger partial charge >= 0.3 is 6.03 Å². The Kier molecular flexibility index (Phi) is 7.39. The number of ether oxygens (including phenoxy) is 1. The number of nitrogens with zero attached hydrogens (tertiary/aromatic N) is 3. The number of amides is 2. The fourth-order valence-electron chi connectivity index (χ4n) is 4.91. The average Bonchev–Trinajstić information content (AvgIpc) is 3.39. The minimum atomic E-state index is -0.192. The molecule has 0 aliphatic carbocycles. The molecule has 34 heavy (non-hydrogen) atoms. The zero-order valence-electron chi connectivity index (χ0n) is 19.0. The van der Waals surface area contributed by atoms with E-state index in [0.29, 0.717) is 35.1 Å². The van der Waals surface area contributed by atoms with Gasteiger partial charge in [0.15, 0.2) is 0 Å². The summed E-state index contributed by atoms with van der Waals surface area (Å²) in [5.74, 6) is 0.622. The van der Waals surface area contributed by atoms with Crippen molar-refractivity contribution in [3.63, 3.8) is 0 Å². The van der Waals surface area contributed by atoms with Crippen LogP contribution in [-0.2, 0) is 17.7 Å². The second-order valence-electron chi connectivity index (χ2n) is 9.17. The van der Waals surface area contributed by atoms with Crippen LogP contribution in [-0.4, -0.2) is 59.3 Å². The van der Waals surface area contributed by atoms with Crippen molar-refractivity contribution >= 4 is 35.2 Å². The third-order valence-electron chi connectivity index (χ3n) is 6.87.